The summed E-state index contributed by atoms with van der Waals surface area (Å²) in [4.78, 5) is 9.37. The predicted octanol–water partition coefficient (Wildman–Crippen LogP) is 7.95. The first-order valence-electron chi connectivity index (χ1n) is 14.9. The largest absolute Gasteiger partial charge is 0.679 e. The van der Waals surface area contributed by atoms with Crippen molar-refractivity contribution in [2.24, 2.45) is 4.99 Å². The molecule has 1 aliphatic rings. The van der Waals surface area contributed by atoms with Gasteiger partial charge in [0.2, 0.25) is 0 Å². The number of para-hydroxylation sites is 2. The van der Waals surface area contributed by atoms with Crippen LogP contribution in [-0.4, -0.2) is 34.5 Å². The summed E-state index contributed by atoms with van der Waals surface area (Å²) >= 11 is 0. The van der Waals surface area contributed by atoms with Crippen LogP contribution in [0.3, 0.4) is 0 Å². The third kappa shape index (κ3) is 5.95. The average molecular weight is 612 g/mol. The number of benzene rings is 3. The van der Waals surface area contributed by atoms with Gasteiger partial charge >= 0.3 is 14.8 Å². The molecule has 0 saturated carbocycles. The number of aromatic nitrogens is 3. The van der Waals surface area contributed by atoms with Gasteiger partial charge < -0.3 is 8.96 Å². The SMILES string of the molecule is CCC1=N/C(=C(/c2cc(C#Cc3ccccc3)c(CC)n2B(F)F)c2nc3ccccc3n2B(F)F)C=C1C#Cc1ccccc1. The molecule has 0 bridgehead atoms. The van der Waals surface area contributed by atoms with Crippen molar-refractivity contribution in [3.05, 3.63) is 142 Å². The van der Waals surface area contributed by atoms with Crippen molar-refractivity contribution in [2.75, 3.05) is 0 Å². The molecule has 0 aliphatic carbocycles. The minimum Gasteiger partial charge on any atom is -0.328 e. The van der Waals surface area contributed by atoms with Gasteiger partial charge in [-0.15, -0.1) is 0 Å². The second kappa shape index (κ2) is 13.3. The zero-order valence-electron chi connectivity index (χ0n) is 25.1. The van der Waals surface area contributed by atoms with Crippen molar-refractivity contribution in [2.45, 2.75) is 26.7 Å². The number of aliphatic imine (C=N–C) groups is 1. The molecular weight excluding hydrogens is 586 g/mol. The summed E-state index contributed by atoms with van der Waals surface area (Å²) in [6.45, 7) is 3.66. The first-order chi connectivity index (χ1) is 22.4. The fourth-order valence-corrected chi connectivity index (χ4v) is 5.51. The minimum atomic E-state index is -3.01. The third-order valence-corrected chi connectivity index (χ3v) is 7.61. The minimum absolute atomic E-state index is 0.0101. The van der Waals surface area contributed by atoms with Gasteiger partial charge in [0, 0.05) is 33.7 Å². The molecule has 0 amide bonds. The van der Waals surface area contributed by atoms with E-state index >= 15 is 8.63 Å². The Morgan fingerprint density at radius 3 is 1.93 bits per heavy atom. The van der Waals surface area contributed by atoms with Crippen LogP contribution in [0, 0.1) is 23.7 Å². The van der Waals surface area contributed by atoms with E-state index in [4.69, 9.17) is 4.99 Å². The molecule has 10 heteroatoms. The van der Waals surface area contributed by atoms with Crippen molar-refractivity contribution in [3.63, 3.8) is 0 Å². The second-order valence-electron chi connectivity index (χ2n) is 10.4. The summed E-state index contributed by atoms with van der Waals surface area (Å²) in [6, 6.07) is 26.6. The number of allylic oxidation sites excluding steroid dienone is 2. The molecule has 2 aromatic heterocycles. The lowest BCUT2D eigenvalue weighted by molar-refractivity contribution is 0.620. The van der Waals surface area contributed by atoms with E-state index in [-0.39, 0.29) is 40.4 Å². The highest BCUT2D eigenvalue weighted by molar-refractivity contribution is 6.43. The number of rotatable bonds is 6. The fourth-order valence-electron chi connectivity index (χ4n) is 5.51. The van der Waals surface area contributed by atoms with Crippen LogP contribution < -0.4 is 0 Å². The van der Waals surface area contributed by atoms with E-state index in [1.807, 2.05) is 67.6 Å². The van der Waals surface area contributed by atoms with E-state index in [1.54, 1.807) is 31.2 Å². The summed E-state index contributed by atoms with van der Waals surface area (Å²) in [7, 11) is -6.00. The van der Waals surface area contributed by atoms with E-state index in [1.165, 1.54) is 12.1 Å². The van der Waals surface area contributed by atoms with Crippen LogP contribution in [0.2, 0.25) is 0 Å². The summed E-state index contributed by atoms with van der Waals surface area (Å²) in [5, 5.41) is 0. The van der Waals surface area contributed by atoms with E-state index in [2.05, 4.69) is 28.7 Å². The van der Waals surface area contributed by atoms with E-state index in [0.29, 0.717) is 34.3 Å². The van der Waals surface area contributed by atoms with E-state index in [0.717, 1.165) is 14.5 Å². The van der Waals surface area contributed by atoms with Crippen LogP contribution in [0.4, 0.5) is 17.3 Å². The number of imidazole rings is 1. The highest BCUT2D eigenvalue weighted by atomic mass is 19.2. The van der Waals surface area contributed by atoms with Gasteiger partial charge in [0.15, 0.2) is 0 Å². The van der Waals surface area contributed by atoms with Crippen LogP contribution in [0.1, 0.15) is 54.2 Å². The van der Waals surface area contributed by atoms with E-state index in [9.17, 15) is 8.63 Å². The Hall–Kier alpha value is -5.47. The van der Waals surface area contributed by atoms with Crippen LogP contribution in [-0.2, 0) is 6.42 Å². The summed E-state index contributed by atoms with van der Waals surface area (Å²) in [5.74, 6) is 12.2. The standard InChI is InChI=1S/C36H26B2F4N4/c1-3-29-27(21-19-25-13-7-5-8-14-25)23-31(43-29)35(36-44-30-17-11-12-18-33(30)46(36)38(41)42)34-24-28(32(4-2)45(34)37(39)40)22-20-26-15-9-6-10-16-26/h5-18,23-24H,3-4H2,1-2H3/b35-31-. The molecule has 0 N–H and O–H groups in total. The lowest BCUT2D eigenvalue weighted by Gasteiger charge is -2.15. The maximum absolute atomic E-state index is 15.0. The zero-order valence-corrected chi connectivity index (χ0v) is 25.1. The Kier molecular flexibility index (Phi) is 8.81. The molecule has 0 atom stereocenters. The molecule has 1 aliphatic heterocycles. The van der Waals surface area contributed by atoms with Crippen LogP contribution in [0.15, 0.2) is 113 Å². The van der Waals surface area contributed by atoms with Gasteiger partial charge in [-0.3, -0.25) is 22.3 Å². The normalized spacial score (nSPS) is 13.3. The van der Waals surface area contributed by atoms with Gasteiger partial charge in [-0.1, -0.05) is 86.1 Å². The maximum Gasteiger partial charge on any atom is 0.679 e. The first-order valence-corrected chi connectivity index (χ1v) is 14.9. The molecule has 0 radical (unpaired) electrons. The molecule has 0 spiro atoms. The van der Waals surface area contributed by atoms with Gasteiger partial charge in [0.25, 0.3) is 0 Å². The summed E-state index contributed by atoms with van der Waals surface area (Å²) in [5.41, 5.74) is 4.06. The Morgan fingerprint density at radius 1 is 0.717 bits per heavy atom. The van der Waals surface area contributed by atoms with Crippen molar-refractivity contribution < 1.29 is 17.3 Å². The van der Waals surface area contributed by atoms with Crippen LogP contribution >= 0.6 is 0 Å². The molecule has 5 aromatic rings. The smallest absolute Gasteiger partial charge is 0.328 e. The Morgan fingerprint density at radius 2 is 1.33 bits per heavy atom. The van der Waals surface area contributed by atoms with Gasteiger partial charge in [0.1, 0.15) is 5.82 Å². The molecule has 4 nitrogen and oxygen atoms in total. The molecular formula is C36H26B2F4N4. The Labute approximate surface area is 265 Å². The maximum atomic E-state index is 15.0. The fraction of sp³-hybridized carbons (Fsp3) is 0.111. The van der Waals surface area contributed by atoms with Crippen molar-refractivity contribution >= 4 is 37.1 Å². The number of hydrogen-bond donors (Lipinski definition) is 0. The first kappa shape index (κ1) is 30.6. The van der Waals surface area contributed by atoms with Crippen LogP contribution in [0.5, 0.6) is 0 Å². The van der Waals surface area contributed by atoms with Gasteiger partial charge in [-0.25, -0.2) is 4.98 Å². The molecule has 0 saturated heterocycles. The van der Waals surface area contributed by atoms with Crippen molar-refractivity contribution in [1.82, 2.24) is 13.9 Å². The zero-order chi connectivity index (χ0) is 32.2. The summed E-state index contributed by atoms with van der Waals surface area (Å²) in [6.07, 6.45) is 2.38. The topological polar surface area (TPSA) is 35.1 Å². The highest BCUT2D eigenvalue weighted by Crippen LogP contribution is 2.37. The van der Waals surface area contributed by atoms with Crippen LogP contribution in [0.25, 0.3) is 16.6 Å². The number of nitrogens with zero attached hydrogens (tertiary/aromatic N) is 4. The monoisotopic (exact) mass is 612 g/mol. The lowest BCUT2D eigenvalue weighted by atomic mass is 10.0. The predicted molar refractivity (Wildman–Crippen MR) is 178 cm³/mol. The number of halogens is 4. The molecule has 3 heterocycles. The van der Waals surface area contributed by atoms with Gasteiger partial charge in [-0.05, 0) is 61.4 Å². The van der Waals surface area contributed by atoms with Gasteiger partial charge in [0.05, 0.1) is 28.0 Å². The molecule has 46 heavy (non-hydrogen) atoms. The number of hydrogen-bond acceptors (Lipinski definition) is 2. The van der Waals surface area contributed by atoms with Crippen molar-refractivity contribution in [3.8, 4) is 23.7 Å². The quantitative estimate of drug-likeness (QED) is 0.109. The molecule has 6 rings (SSSR count). The molecule has 0 unspecified atom stereocenters. The summed E-state index contributed by atoms with van der Waals surface area (Å²) < 4.78 is 61.4. The van der Waals surface area contributed by atoms with Crippen molar-refractivity contribution in [1.29, 1.82) is 0 Å². The average Bonchev–Trinajstić information content (AvgIpc) is 3.77. The highest BCUT2D eigenvalue weighted by Gasteiger charge is 2.34. The lowest BCUT2D eigenvalue weighted by Crippen LogP contribution is -2.22. The molecule has 3 aromatic carbocycles. The number of fused-ring (bicyclic) bond motifs is 1. The van der Waals surface area contributed by atoms with Gasteiger partial charge in [-0.2, -0.15) is 0 Å². The molecule has 224 valence electrons. The second-order valence-corrected chi connectivity index (χ2v) is 10.4. The third-order valence-electron chi connectivity index (χ3n) is 7.61. The Bertz CT molecular complexity index is 2140. The Balaban J connectivity index is 1.66. The van der Waals surface area contributed by atoms with E-state index < -0.39 is 14.8 Å². The molecule has 0 fully saturated rings.